The SMILES string of the molecule is O=C(O)C1CCCN(Cc2ccc3c(c2)CCCC3)C1. The fourth-order valence-electron chi connectivity index (χ4n) is 3.54. The molecule has 1 aliphatic carbocycles. The van der Waals surface area contributed by atoms with Crippen molar-refractivity contribution in [2.24, 2.45) is 5.92 Å². The van der Waals surface area contributed by atoms with Crippen molar-refractivity contribution in [2.75, 3.05) is 13.1 Å². The van der Waals surface area contributed by atoms with Crippen LogP contribution >= 0.6 is 0 Å². The van der Waals surface area contributed by atoms with Gasteiger partial charge in [0, 0.05) is 13.1 Å². The average Bonchev–Trinajstić information content (AvgIpc) is 2.47. The lowest BCUT2D eigenvalue weighted by atomic mass is 9.90. The van der Waals surface area contributed by atoms with Gasteiger partial charge in [-0.05, 0) is 61.8 Å². The quantitative estimate of drug-likeness (QED) is 0.920. The Kier molecular flexibility index (Phi) is 4.06. The minimum Gasteiger partial charge on any atom is -0.481 e. The van der Waals surface area contributed by atoms with Crippen LogP contribution in [0.3, 0.4) is 0 Å². The predicted octanol–water partition coefficient (Wildman–Crippen LogP) is 2.86. The molecule has 1 aromatic rings. The second-order valence-corrected chi connectivity index (χ2v) is 6.22. The molecular weight excluding hydrogens is 250 g/mol. The van der Waals surface area contributed by atoms with Crippen molar-refractivity contribution in [3.05, 3.63) is 34.9 Å². The van der Waals surface area contributed by atoms with Crippen LogP contribution in [0.25, 0.3) is 0 Å². The van der Waals surface area contributed by atoms with Crippen molar-refractivity contribution in [3.8, 4) is 0 Å². The van der Waals surface area contributed by atoms with Gasteiger partial charge in [0.25, 0.3) is 0 Å². The minimum atomic E-state index is -0.639. The number of rotatable bonds is 3. The van der Waals surface area contributed by atoms with Crippen LogP contribution in [0.1, 0.15) is 42.4 Å². The molecule has 2 aliphatic rings. The maximum absolute atomic E-state index is 11.1. The van der Waals surface area contributed by atoms with Gasteiger partial charge in [0.1, 0.15) is 0 Å². The van der Waals surface area contributed by atoms with Gasteiger partial charge >= 0.3 is 5.97 Å². The highest BCUT2D eigenvalue weighted by atomic mass is 16.4. The number of carbonyl (C=O) groups is 1. The number of carboxylic acids is 1. The van der Waals surface area contributed by atoms with Crippen LogP contribution in [0.5, 0.6) is 0 Å². The van der Waals surface area contributed by atoms with Crippen LogP contribution in [0.2, 0.25) is 0 Å². The van der Waals surface area contributed by atoms with Gasteiger partial charge in [-0.1, -0.05) is 18.2 Å². The van der Waals surface area contributed by atoms with Crippen molar-refractivity contribution in [1.29, 1.82) is 0 Å². The van der Waals surface area contributed by atoms with Crippen molar-refractivity contribution < 1.29 is 9.90 Å². The van der Waals surface area contributed by atoms with Crippen LogP contribution in [-0.4, -0.2) is 29.1 Å². The number of aliphatic carboxylic acids is 1. The number of hydrogen-bond donors (Lipinski definition) is 1. The van der Waals surface area contributed by atoms with Crippen LogP contribution in [0.15, 0.2) is 18.2 Å². The third-order valence-electron chi connectivity index (χ3n) is 4.67. The monoisotopic (exact) mass is 273 g/mol. The van der Waals surface area contributed by atoms with Crippen LogP contribution in [-0.2, 0) is 24.2 Å². The summed E-state index contributed by atoms with van der Waals surface area (Å²) < 4.78 is 0. The standard InChI is InChI=1S/C17H23NO2/c19-17(20)16-6-3-9-18(12-16)11-13-7-8-14-4-1-2-5-15(14)10-13/h7-8,10,16H,1-6,9,11-12H2,(H,19,20). The summed E-state index contributed by atoms with van der Waals surface area (Å²) in [4.78, 5) is 13.4. The van der Waals surface area contributed by atoms with E-state index >= 15 is 0 Å². The number of piperidine rings is 1. The van der Waals surface area contributed by atoms with Crippen molar-refractivity contribution in [3.63, 3.8) is 0 Å². The molecule has 0 aromatic heterocycles. The lowest BCUT2D eigenvalue weighted by Crippen LogP contribution is -2.38. The van der Waals surface area contributed by atoms with E-state index in [4.69, 9.17) is 5.11 Å². The average molecular weight is 273 g/mol. The molecule has 1 aliphatic heterocycles. The molecule has 0 amide bonds. The normalized spacial score (nSPS) is 23.3. The van der Waals surface area contributed by atoms with E-state index in [-0.39, 0.29) is 5.92 Å². The van der Waals surface area contributed by atoms with Gasteiger partial charge in [-0.3, -0.25) is 9.69 Å². The van der Waals surface area contributed by atoms with E-state index in [1.54, 1.807) is 0 Å². The Hall–Kier alpha value is -1.35. The summed E-state index contributed by atoms with van der Waals surface area (Å²) in [7, 11) is 0. The van der Waals surface area contributed by atoms with E-state index in [1.807, 2.05) is 0 Å². The van der Waals surface area contributed by atoms with E-state index in [1.165, 1.54) is 42.4 Å². The van der Waals surface area contributed by atoms with E-state index in [2.05, 4.69) is 23.1 Å². The number of aryl methyl sites for hydroxylation is 2. The molecule has 3 rings (SSSR count). The zero-order valence-corrected chi connectivity index (χ0v) is 12.0. The number of benzene rings is 1. The molecule has 1 N–H and O–H groups in total. The Labute approximate surface area is 120 Å². The molecule has 3 nitrogen and oxygen atoms in total. The number of likely N-dealkylation sites (tertiary alicyclic amines) is 1. The van der Waals surface area contributed by atoms with Gasteiger partial charge in [0.15, 0.2) is 0 Å². The van der Waals surface area contributed by atoms with Crippen molar-refractivity contribution >= 4 is 5.97 Å². The fraction of sp³-hybridized carbons (Fsp3) is 0.588. The molecule has 0 saturated carbocycles. The summed E-state index contributed by atoms with van der Waals surface area (Å²) in [6, 6.07) is 6.86. The topological polar surface area (TPSA) is 40.5 Å². The highest BCUT2D eigenvalue weighted by molar-refractivity contribution is 5.70. The lowest BCUT2D eigenvalue weighted by molar-refractivity contribution is -0.143. The van der Waals surface area contributed by atoms with Gasteiger partial charge in [0.05, 0.1) is 5.92 Å². The van der Waals surface area contributed by atoms with E-state index in [0.717, 1.165) is 25.9 Å². The van der Waals surface area contributed by atoms with Gasteiger partial charge in [-0.15, -0.1) is 0 Å². The molecule has 0 spiro atoms. The second kappa shape index (κ2) is 5.96. The Morgan fingerprint density at radius 3 is 2.80 bits per heavy atom. The first-order valence-electron chi connectivity index (χ1n) is 7.78. The Balaban J connectivity index is 1.66. The predicted molar refractivity (Wildman–Crippen MR) is 78.7 cm³/mol. The number of nitrogens with zero attached hydrogens (tertiary/aromatic N) is 1. The maximum atomic E-state index is 11.1. The molecule has 0 radical (unpaired) electrons. The van der Waals surface area contributed by atoms with Crippen molar-refractivity contribution in [1.82, 2.24) is 4.90 Å². The van der Waals surface area contributed by atoms with Gasteiger partial charge in [0.2, 0.25) is 0 Å². The first kappa shape index (κ1) is 13.6. The second-order valence-electron chi connectivity index (χ2n) is 6.22. The first-order chi connectivity index (χ1) is 9.72. The fourth-order valence-corrected chi connectivity index (χ4v) is 3.54. The van der Waals surface area contributed by atoms with Crippen LogP contribution in [0, 0.1) is 5.92 Å². The molecule has 1 saturated heterocycles. The Bertz CT molecular complexity index is 498. The summed E-state index contributed by atoms with van der Waals surface area (Å²) in [6.45, 7) is 2.63. The van der Waals surface area contributed by atoms with Crippen molar-refractivity contribution in [2.45, 2.75) is 45.1 Å². The third kappa shape index (κ3) is 3.04. The van der Waals surface area contributed by atoms with Crippen LogP contribution < -0.4 is 0 Å². The third-order valence-corrected chi connectivity index (χ3v) is 4.67. The first-order valence-corrected chi connectivity index (χ1v) is 7.78. The van der Waals surface area contributed by atoms with Gasteiger partial charge in [-0.25, -0.2) is 0 Å². The van der Waals surface area contributed by atoms with Gasteiger partial charge in [-0.2, -0.15) is 0 Å². The molecule has 1 aromatic carbocycles. The lowest BCUT2D eigenvalue weighted by Gasteiger charge is -2.31. The molecule has 3 heteroatoms. The van der Waals surface area contributed by atoms with E-state index in [9.17, 15) is 4.79 Å². The summed E-state index contributed by atoms with van der Waals surface area (Å²) in [5.41, 5.74) is 4.37. The maximum Gasteiger partial charge on any atom is 0.307 e. The van der Waals surface area contributed by atoms with Crippen LogP contribution in [0.4, 0.5) is 0 Å². The summed E-state index contributed by atoms with van der Waals surface area (Å²) in [5.74, 6) is -0.818. The van der Waals surface area contributed by atoms with Gasteiger partial charge < -0.3 is 5.11 Å². The molecule has 1 heterocycles. The summed E-state index contributed by atoms with van der Waals surface area (Å²) in [5, 5.41) is 9.15. The number of fused-ring (bicyclic) bond motifs is 1. The zero-order chi connectivity index (χ0) is 13.9. The molecular formula is C17H23NO2. The smallest absolute Gasteiger partial charge is 0.307 e. The summed E-state index contributed by atoms with van der Waals surface area (Å²) in [6.07, 6.45) is 6.89. The van der Waals surface area contributed by atoms with E-state index < -0.39 is 5.97 Å². The molecule has 1 fully saturated rings. The van der Waals surface area contributed by atoms with E-state index in [0.29, 0.717) is 6.54 Å². The highest BCUT2D eigenvalue weighted by Crippen LogP contribution is 2.24. The molecule has 1 atom stereocenters. The Morgan fingerprint density at radius 2 is 2.00 bits per heavy atom. The minimum absolute atomic E-state index is 0.179. The molecule has 20 heavy (non-hydrogen) atoms. The number of carboxylic acid groups (broad SMARTS) is 1. The largest absolute Gasteiger partial charge is 0.481 e. The highest BCUT2D eigenvalue weighted by Gasteiger charge is 2.25. The zero-order valence-electron chi connectivity index (χ0n) is 12.0. The molecule has 108 valence electrons. The summed E-state index contributed by atoms with van der Waals surface area (Å²) >= 11 is 0. The number of hydrogen-bond acceptors (Lipinski definition) is 2. The molecule has 1 unspecified atom stereocenters. The molecule has 0 bridgehead atoms. The Morgan fingerprint density at radius 1 is 1.20 bits per heavy atom.